The molecule has 3 aromatic rings. The molecule has 4 rings (SSSR count). The largest absolute Gasteiger partial charge is 0.378 e. The summed E-state index contributed by atoms with van der Waals surface area (Å²) in [5.74, 6) is 0.272. The lowest BCUT2D eigenvalue weighted by molar-refractivity contribution is -0.132. The summed E-state index contributed by atoms with van der Waals surface area (Å²) in [7, 11) is 0. The van der Waals surface area contributed by atoms with Crippen molar-refractivity contribution in [3.63, 3.8) is 0 Å². The molecule has 2 aromatic carbocycles. The Labute approximate surface area is 194 Å². The number of rotatable bonds is 5. The molecule has 1 amide bonds. The first-order valence-electron chi connectivity index (χ1n) is 9.90. The van der Waals surface area contributed by atoms with Gasteiger partial charge < -0.3 is 9.64 Å². The number of morpholine rings is 1. The lowest BCUT2D eigenvalue weighted by Crippen LogP contribution is -2.41. The van der Waals surface area contributed by atoms with Crippen molar-refractivity contribution in [2.75, 3.05) is 32.1 Å². The van der Waals surface area contributed by atoms with Crippen molar-refractivity contribution in [2.24, 2.45) is 0 Å². The number of ether oxygens (including phenoxy) is 1. The Hall–Kier alpha value is -2.66. The number of thioether (sulfide) groups is 1. The molecule has 5 nitrogen and oxygen atoms in total. The summed E-state index contributed by atoms with van der Waals surface area (Å²) >= 11 is 4.78. The van der Waals surface area contributed by atoms with Crippen LogP contribution in [0.3, 0.4) is 0 Å². The predicted octanol–water partition coefficient (Wildman–Crippen LogP) is 5.00. The van der Waals surface area contributed by atoms with Gasteiger partial charge in [-0.1, -0.05) is 70.2 Å². The normalized spacial score (nSPS) is 13.6. The molecule has 7 heteroatoms. The number of aromatic nitrogens is 1. The van der Waals surface area contributed by atoms with Crippen LogP contribution in [0.1, 0.15) is 5.56 Å². The van der Waals surface area contributed by atoms with Crippen LogP contribution in [-0.4, -0.2) is 47.8 Å². The minimum atomic E-state index is 0.0364. The van der Waals surface area contributed by atoms with E-state index in [9.17, 15) is 10.1 Å². The van der Waals surface area contributed by atoms with Gasteiger partial charge in [0.25, 0.3) is 0 Å². The molecule has 0 aliphatic carbocycles. The van der Waals surface area contributed by atoms with E-state index < -0.39 is 0 Å². The van der Waals surface area contributed by atoms with Gasteiger partial charge in [-0.05, 0) is 23.8 Å². The van der Waals surface area contributed by atoms with Crippen LogP contribution in [0.25, 0.3) is 22.4 Å². The summed E-state index contributed by atoms with van der Waals surface area (Å²) < 4.78 is 6.30. The van der Waals surface area contributed by atoms with Crippen molar-refractivity contribution in [1.82, 2.24) is 9.88 Å². The SMILES string of the molecule is N#Cc1c(-c2ccc(Br)cc2)cc(-c2ccccc2)nc1SCC(=O)N1CCOCC1. The fraction of sp³-hybridized carbons (Fsp3) is 0.208. The summed E-state index contributed by atoms with van der Waals surface area (Å²) in [6, 6.07) is 22.0. The first-order chi connectivity index (χ1) is 15.2. The fourth-order valence-electron chi connectivity index (χ4n) is 3.38. The smallest absolute Gasteiger partial charge is 0.233 e. The van der Waals surface area contributed by atoms with E-state index in [1.165, 1.54) is 11.8 Å². The van der Waals surface area contributed by atoms with Gasteiger partial charge in [0.05, 0.1) is 30.2 Å². The van der Waals surface area contributed by atoms with Crippen LogP contribution in [0.4, 0.5) is 0 Å². The molecule has 0 radical (unpaired) electrons. The number of nitriles is 1. The lowest BCUT2D eigenvalue weighted by Gasteiger charge is -2.26. The number of halogens is 1. The molecule has 0 saturated carbocycles. The van der Waals surface area contributed by atoms with Crippen LogP contribution in [0.2, 0.25) is 0 Å². The second-order valence-electron chi connectivity index (χ2n) is 7.00. The van der Waals surface area contributed by atoms with E-state index in [2.05, 4.69) is 22.0 Å². The summed E-state index contributed by atoms with van der Waals surface area (Å²) in [5.41, 5.74) is 3.97. The maximum absolute atomic E-state index is 12.7. The summed E-state index contributed by atoms with van der Waals surface area (Å²) in [6.07, 6.45) is 0. The number of amides is 1. The van der Waals surface area contributed by atoms with E-state index in [4.69, 9.17) is 9.72 Å². The zero-order valence-corrected chi connectivity index (χ0v) is 19.2. The number of carbonyl (C=O) groups excluding carboxylic acids is 1. The van der Waals surface area contributed by atoms with Crippen LogP contribution in [0.15, 0.2) is 70.2 Å². The summed E-state index contributed by atoms with van der Waals surface area (Å²) in [6.45, 7) is 2.34. The van der Waals surface area contributed by atoms with Crippen molar-refractivity contribution in [3.05, 3.63) is 70.7 Å². The highest BCUT2D eigenvalue weighted by atomic mass is 79.9. The van der Waals surface area contributed by atoms with Gasteiger partial charge in [-0.25, -0.2) is 4.98 Å². The van der Waals surface area contributed by atoms with E-state index in [0.29, 0.717) is 36.9 Å². The van der Waals surface area contributed by atoms with Gasteiger partial charge in [-0.15, -0.1) is 0 Å². The van der Waals surface area contributed by atoms with Gasteiger partial charge in [-0.3, -0.25) is 4.79 Å². The standard InChI is InChI=1S/C24H20BrN3O2S/c25-19-8-6-17(7-9-19)20-14-22(18-4-2-1-3-5-18)27-24(21(20)15-26)31-16-23(29)28-10-12-30-13-11-28/h1-9,14H,10-13,16H2. The van der Waals surface area contributed by atoms with Crippen LogP contribution < -0.4 is 0 Å². The number of hydrogen-bond acceptors (Lipinski definition) is 5. The zero-order chi connectivity index (χ0) is 21.6. The summed E-state index contributed by atoms with van der Waals surface area (Å²) in [4.78, 5) is 19.2. The van der Waals surface area contributed by atoms with E-state index in [1.807, 2.05) is 60.7 Å². The van der Waals surface area contributed by atoms with Crippen LogP contribution in [0.5, 0.6) is 0 Å². The maximum atomic E-state index is 12.7. The molecule has 0 spiro atoms. The summed E-state index contributed by atoms with van der Waals surface area (Å²) in [5, 5.41) is 10.5. The Morgan fingerprint density at radius 2 is 1.81 bits per heavy atom. The third-order valence-electron chi connectivity index (χ3n) is 5.02. The average Bonchev–Trinajstić information content (AvgIpc) is 2.83. The number of pyridine rings is 1. The van der Waals surface area contributed by atoms with Crippen molar-refractivity contribution in [2.45, 2.75) is 5.03 Å². The van der Waals surface area contributed by atoms with Crippen molar-refractivity contribution >= 4 is 33.6 Å². The van der Waals surface area contributed by atoms with Crippen LogP contribution in [0, 0.1) is 11.3 Å². The molecule has 0 atom stereocenters. The Balaban J connectivity index is 1.72. The first-order valence-corrected chi connectivity index (χ1v) is 11.7. The molecule has 156 valence electrons. The molecule has 1 aromatic heterocycles. The molecule has 1 aliphatic rings. The van der Waals surface area contributed by atoms with Crippen molar-refractivity contribution < 1.29 is 9.53 Å². The van der Waals surface area contributed by atoms with Gasteiger partial charge in [0.2, 0.25) is 5.91 Å². The van der Waals surface area contributed by atoms with Crippen molar-refractivity contribution in [1.29, 1.82) is 5.26 Å². The number of benzene rings is 2. The van der Waals surface area contributed by atoms with Crippen LogP contribution >= 0.6 is 27.7 Å². The molecule has 1 saturated heterocycles. The molecule has 0 N–H and O–H groups in total. The lowest BCUT2D eigenvalue weighted by atomic mass is 9.99. The Morgan fingerprint density at radius 3 is 2.48 bits per heavy atom. The van der Waals surface area contributed by atoms with Gasteiger partial charge in [0.15, 0.2) is 0 Å². The zero-order valence-electron chi connectivity index (χ0n) is 16.8. The third kappa shape index (κ3) is 5.16. The monoisotopic (exact) mass is 493 g/mol. The molecular weight excluding hydrogens is 474 g/mol. The van der Waals surface area contributed by atoms with E-state index >= 15 is 0 Å². The highest BCUT2D eigenvalue weighted by Gasteiger charge is 2.20. The fourth-order valence-corrected chi connectivity index (χ4v) is 4.55. The second-order valence-corrected chi connectivity index (χ2v) is 8.88. The van der Waals surface area contributed by atoms with Gasteiger partial charge in [0, 0.05) is 28.7 Å². The highest BCUT2D eigenvalue weighted by Crippen LogP contribution is 2.34. The molecule has 0 unspecified atom stereocenters. The van der Waals surface area contributed by atoms with Crippen LogP contribution in [-0.2, 0) is 9.53 Å². The minimum Gasteiger partial charge on any atom is -0.378 e. The number of hydrogen-bond donors (Lipinski definition) is 0. The molecular formula is C24H20BrN3O2S. The molecule has 1 aliphatic heterocycles. The Kier molecular flexibility index (Phi) is 7.03. The highest BCUT2D eigenvalue weighted by molar-refractivity contribution is 9.10. The van der Waals surface area contributed by atoms with E-state index in [0.717, 1.165) is 26.9 Å². The molecule has 2 heterocycles. The minimum absolute atomic E-state index is 0.0364. The molecule has 1 fully saturated rings. The first kappa shape index (κ1) is 21.6. The number of nitrogens with zero attached hydrogens (tertiary/aromatic N) is 3. The van der Waals surface area contributed by atoms with Gasteiger partial charge in [0.1, 0.15) is 11.1 Å². The molecule has 31 heavy (non-hydrogen) atoms. The van der Waals surface area contributed by atoms with Crippen molar-refractivity contribution in [3.8, 4) is 28.5 Å². The van der Waals surface area contributed by atoms with E-state index in [-0.39, 0.29) is 11.7 Å². The van der Waals surface area contributed by atoms with Gasteiger partial charge in [-0.2, -0.15) is 5.26 Å². The third-order valence-corrected chi connectivity index (χ3v) is 6.51. The van der Waals surface area contributed by atoms with Gasteiger partial charge >= 0.3 is 0 Å². The quantitative estimate of drug-likeness (QED) is 0.467. The second kappa shape index (κ2) is 10.1. The van der Waals surface area contributed by atoms with E-state index in [1.54, 1.807) is 4.90 Å². The predicted molar refractivity (Wildman–Crippen MR) is 126 cm³/mol. The Bertz CT molecular complexity index is 1110. The average molecular weight is 494 g/mol. The molecule has 0 bridgehead atoms. The maximum Gasteiger partial charge on any atom is 0.233 e. The topological polar surface area (TPSA) is 66.2 Å². The Morgan fingerprint density at radius 1 is 1.10 bits per heavy atom. The number of carbonyl (C=O) groups is 1.